The number of nitrogens with one attached hydrogen (secondary N) is 2. The minimum Gasteiger partial charge on any atom is -0.338 e. The van der Waals surface area contributed by atoms with E-state index in [1.54, 1.807) is 12.1 Å². The van der Waals surface area contributed by atoms with Crippen LogP contribution in [0.15, 0.2) is 36.4 Å². The van der Waals surface area contributed by atoms with E-state index in [1.807, 2.05) is 24.1 Å². The van der Waals surface area contributed by atoms with Crippen molar-refractivity contribution in [3.05, 3.63) is 42.2 Å². The lowest BCUT2D eigenvalue weighted by molar-refractivity contribution is 0.108. The molecule has 0 bridgehead atoms. The van der Waals surface area contributed by atoms with Crippen molar-refractivity contribution in [2.75, 3.05) is 56.5 Å². The molecule has 0 aliphatic carbocycles. The molecule has 2 aromatic heterocycles. The van der Waals surface area contributed by atoms with Crippen LogP contribution < -0.4 is 15.5 Å². The largest absolute Gasteiger partial charge is 0.338 e. The molecule has 0 saturated carbocycles. The molecule has 1 aliphatic rings. The Morgan fingerprint density at radius 2 is 1.85 bits per heavy atom. The van der Waals surface area contributed by atoms with Crippen molar-refractivity contribution in [3.63, 3.8) is 0 Å². The Morgan fingerprint density at radius 1 is 1.12 bits per heavy atom. The highest BCUT2D eigenvalue weighted by Gasteiger charge is 2.18. The summed E-state index contributed by atoms with van der Waals surface area (Å²) in [7, 11) is 1.87. The van der Waals surface area contributed by atoms with E-state index in [-0.39, 0.29) is 11.8 Å². The minimum atomic E-state index is -0.276. The van der Waals surface area contributed by atoms with Crippen LogP contribution in [0.1, 0.15) is 20.3 Å². The van der Waals surface area contributed by atoms with Gasteiger partial charge in [0.25, 0.3) is 0 Å². The lowest BCUT2D eigenvalue weighted by Crippen LogP contribution is -2.49. The number of rotatable bonds is 8. The Labute approximate surface area is 203 Å². The zero-order valence-corrected chi connectivity index (χ0v) is 20.7. The summed E-state index contributed by atoms with van der Waals surface area (Å²) in [6.07, 6.45) is 0.912. The van der Waals surface area contributed by atoms with Gasteiger partial charge in [0.05, 0.1) is 0 Å². The van der Waals surface area contributed by atoms with Crippen molar-refractivity contribution in [1.29, 1.82) is 0 Å². The number of nitrogens with zero attached hydrogens (tertiary/aromatic N) is 5. The van der Waals surface area contributed by atoms with Gasteiger partial charge in [0.1, 0.15) is 22.0 Å². The van der Waals surface area contributed by atoms with Crippen LogP contribution in [-0.4, -0.2) is 78.2 Å². The first kappa shape index (κ1) is 24.3. The first-order chi connectivity index (χ1) is 16.4. The molecular formula is C24H32FN7OS. The van der Waals surface area contributed by atoms with Crippen molar-refractivity contribution in [2.45, 2.75) is 26.3 Å². The van der Waals surface area contributed by atoms with Gasteiger partial charge in [-0.25, -0.2) is 19.2 Å². The fraction of sp³-hybridized carbons (Fsp3) is 0.458. The van der Waals surface area contributed by atoms with Crippen LogP contribution in [0.25, 0.3) is 10.3 Å². The predicted molar refractivity (Wildman–Crippen MR) is 137 cm³/mol. The van der Waals surface area contributed by atoms with E-state index in [1.165, 1.54) is 23.5 Å². The molecule has 0 atom stereocenters. The molecule has 0 spiro atoms. The van der Waals surface area contributed by atoms with Crippen LogP contribution in [0, 0.1) is 5.82 Å². The quantitative estimate of drug-likeness (QED) is 0.467. The number of carbonyl (C=O) groups excluding carboxylic acids is 1. The smallest absolute Gasteiger partial charge is 0.321 e. The number of hydrogen-bond donors (Lipinski definition) is 2. The molecule has 8 nitrogen and oxygen atoms in total. The van der Waals surface area contributed by atoms with E-state index in [0.29, 0.717) is 23.5 Å². The number of amides is 2. The van der Waals surface area contributed by atoms with Crippen molar-refractivity contribution < 1.29 is 9.18 Å². The Hall–Kier alpha value is -2.82. The highest BCUT2D eigenvalue weighted by Crippen LogP contribution is 2.29. The predicted octanol–water partition coefficient (Wildman–Crippen LogP) is 4.14. The first-order valence-electron chi connectivity index (χ1n) is 11.7. The van der Waals surface area contributed by atoms with Crippen LogP contribution in [-0.2, 0) is 0 Å². The van der Waals surface area contributed by atoms with Crippen molar-refractivity contribution in [3.8, 4) is 0 Å². The molecule has 3 aromatic rings. The Kier molecular flexibility index (Phi) is 7.91. The fourth-order valence-corrected chi connectivity index (χ4v) is 4.82. The molecule has 0 radical (unpaired) electrons. The van der Waals surface area contributed by atoms with Gasteiger partial charge in [-0.2, -0.15) is 0 Å². The maximum Gasteiger partial charge on any atom is 0.321 e. The third-order valence-electron chi connectivity index (χ3n) is 6.09. The third kappa shape index (κ3) is 6.19. The van der Waals surface area contributed by atoms with Gasteiger partial charge in [-0.3, -0.25) is 10.2 Å². The van der Waals surface area contributed by atoms with Gasteiger partial charge in [-0.15, -0.1) is 0 Å². The highest BCUT2D eigenvalue weighted by atomic mass is 32.1. The molecule has 0 unspecified atom stereocenters. The maximum atomic E-state index is 13.2. The minimum absolute atomic E-state index is 0.257. The highest BCUT2D eigenvalue weighted by molar-refractivity contribution is 7.22. The number of carbonyl (C=O) groups is 1. The van der Waals surface area contributed by atoms with Gasteiger partial charge in [0, 0.05) is 51.5 Å². The summed E-state index contributed by atoms with van der Waals surface area (Å²) in [6, 6.07) is 10.3. The van der Waals surface area contributed by atoms with Gasteiger partial charge in [-0.1, -0.05) is 11.3 Å². The number of piperazine rings is 1. The average Bonchev–Trinajstić information content (AvgIpc) is 3.23. The number of hydrogen-bond acceptors (Lipinski definition) is 7. The summed E-state index contributed by atoms with van der Waals surface area (Å²) in [5.41, 5.74) is 1.55. The average molecular weight is 486 g/mol. The molecule has 4 rings (SSSR count). The van der Waals surface area contributed by atoms with Crippen LogP contribution in [0.5, 0.6) is 0 Å². The van der Waals surface area contributed by atoms with Crippen molar-refractivity contribution in [2.24, 2.45) is 0 Å². The second-order valence-electron chi connectivity index (χ2n) is 8.75. The zero-order valence-electron chi connectivity index (χ0n) is 19.9. The van der Waals surface area contributed by atoms with E-state index in [9.17, 15) is 9.18 Å². The van der Waals surface area contributed by atoms with E-state index in [0.717, 1.165) is 55.2 Å². The van der Waals surface area contributed by atoms with Crippen molar-refractivity contribution >= 4 is 44.4 Å². The number of benzene rings is 1. The molecule has 1 aliphatic heterocycles. The summed E-state index contributed by atoms with van der Waals surface area (Å²) >= 11 is 1.33. The molecule has 2 N–H and O–H groups in total. The lowest BCUT2D eigenvalue weighted by atomic mass is 10.2. The fourth-order valence-electron chi connectivity index (χ4n) is 3.99. The summed E-state index contributed by atoms with van der Waals surface area (Å²) < 4.78 is 13.2. The van der Waals surface area contributed by atoms with Gasteiger partial charge < -0.3 is 15.1 Å². The number of thiazole rings is 1. The molecule has 10 heteroatoms. The molecule has 34 heavy (non-hydrogen) atoms. The normalized spacial score (nSPS) is 15.1. The van der Waals surface area contributed by atoms with Gasteiger partial charge in [0.2, 0.25) is 0 Å². The maximum absolute atomic E-state index is 13.2. The summed E-state index contributed by atoms with van der Waals surface area (Å²) in [5.74, 6) is 0.439. The van der Waals surface area contributed by atoms with E-state index < -0.39 is 0 Å². The first-order valence-corrected chi connectivity index (χ1v) is 12.5. The summed E-state index contributed by atoms with van der Waals surface area (Å²) in [6.45, 7) is 10.5. The number of anilines is 3. The standard InChI is InChI=1S/C24H32FN7OS/c1-17(2)32-15-13-31(14-16-32)12-4-11-26-23(33)29-24-27-20-9-10-21(28-22(20)34-24)30(3)19-7-5-18(25)6-8-19/h5-10,17H,4,11-16H2,1-3H3,(H2,26,27,29,33). The SMILES string of the molecule is CC(C)N1CCN(CCCNC(=O)Nc2nc3ccc(N(C)c4ccc(F)cc4)nc3s2)CC1. The lowest BCUT2D eigenvalue weighted by Gasteiger charge is -2.36. The zero-order chi connectivity index (χ0) is 24.1. The van der Waals surface area contributed by atoms with Crippen LogP contribution in [0.3, 0.4) is 0 Å². The van der Waals surface area contributed by atoms with Crippen LogP contribution >= 0.6 is 11.3 Å². The Bertz CT molecular complexity index is 1100. The van der Waals surface area contributed by atoms with Crippen LogP contribution in [0.2, 0.25) is 0 Å². The molecule has 1 fully saturated rings. The second kappa shape index (κ2) is 11.1. The van der Waals surface area contributed by atoms with Gasteiger partial charge in [-0.05, 0) is 63.2 Å². The van der Waals surface area contributed by atoms with Gasteiger partial charge in [0.15, 0.2) is 5.13 Å². The summed E-state index contributed by atoms with van der Waals surface area (Å²) in [5, 5.41) is 6.24. The number of urea groups is 1. The molecule has 3 heterocycles. The molecule has 2 amide bonds. The monoisotopic (exact) mass is 485 g/mol. The van der Waals surface area contributed by atoms with Crippen LogP contribution in [0.4, 0.5) is 25.8 Å². The Morgan fingerprint density at radius 3 is 2.56 bits per heavy atom. The van der Waals surface area contributed by atoms with Crippen molar-refractivity contribution in [1.82, 2.24) is 25.1 Å². The summed E-state index contributed by atoms with van der Waals surface area (Å²) in [4.78, 5) is 29.0. The Balaban J connectivity index is 1.24. The second-order valence-corrected chi connectivity index (χ2v) is 9.73. The number of halogens is 1. The van der Waals surface area contributed by atoms with E-state index in [4.69, 9.17) is 0 Å². The third-order valence-corrected chi connectivity index (χ3v) is 6.97. The van der Waals surface area contributed by atoms with E-state index >= 15 is 0 Å². The molecule has 182 valence electrons. The van der Waals surface area contributed by atoms with E-state index in [2.05, 4.69) is 44.2 Å². The number of fused-ring (bicyclic) bond motifs is 1. The molecule has 1 saturated heterocycles. The van der Waals surface area contributed by atoms with Gasteiger partial charge >= 0.3 is 6.03 Å². The molecular weight excluding hydrogens is 453 g/mol. The molecule has 1 aromatic carbocycles. The number of aromatic nitrogens is 2. The topological polar surface area (TPSA) is 76.6 Å². The number of pyridine rings is 1.